The molecule has 1 unspecified atom stereocenters. The summed E-state index contributed by atoms with van der Waals surface area (Å²) in [5.41, 5.74) is 1.62. The fourth-order valence-corrected chi connectivity index (χ4v) is 2.51. The molecule has 1 aromatic carbocycles. The number of aliphatic carboxylic acids is 1. The zero-order valence-electron chi connectivity index (χ0n) is 10.8. The highest BCUT2D eigenvalue weighted by Gasteiger charge is 2.35. The summed E-state index contributed by atoms with van der Waals surface area (Å²) in [5, 5.41) is 9.06. The van der Waals surface area contributed by atoms with Crippen molar-refractivity contribution in [2.45, 2.75) is 6.42 Å². The zero-order valence-corrected chi connectivity index (χ0v) is 10.8. The number of nitrogens with zero attached hydrogens (tertiary/aromatic N) is 2. The highest BCUT2D eigenvalue weighted by Crippen LogP contribution is 2.30. The number of carbonyl (C=O) groups excluding carboxylic acids is 1. The topological polar surface area (TPSA) is 62.5 Å². The number of anilines is 1. The van der Waals surface area contributed by atoms with Gasteiger partial charge in [-0.3, -0.25) is 9.59 Å². The van der Waals surface area contributed by atoms with Crippen LogP contribution < -0.4 is 4.90 Å². The molecule has 2 heterocycles. The first kappa shape index (κ1) is 12.5. The molecule has 5 nitrogen and oxygen atoms in total. The molecule has 1 N–H and O–H groups in total. The van der Waals surface area contributed by atoms with Crippen molar-refractivity contribution < 1.29 is 14.7 Å². The van der Waals surface area contributed by atoms with Gasteiger partial charge in [-0.05, 0) is 24.3 Å². The number of para-hydroxylation sites is 2. The predicted molar refractivity (Wildman–Crippen MR) is 73.9 cm³/mol. The van der Waals surface area contributed by atoms with Gasteiger partial charge in [-0.1, -0.05) is 12.1 Å². The van der Waals surface area contributed by atoms with Crippen LogP contribution in [0.15, 0.2) is 48.8 Å². The molecule has 1 aliphatic heterocycles. The second-order valence-corrected chi connectivity index (χ2v) is 4.82. The van der Waals surface area contributed by atoms with Crippen LogP contribution in [0.1, 0.15) is 6.42 Å². The van der Waals surface area contributed by atoms with E-state index in [9.17, 15) is 9.59 Å². The van der Waals surface area contributed by atoms with Gasteiger partial charge in [0.15, 0.2) is 0 Å². The van der Waals surface area contributed by atoms with Gasteiger partial charge >= 0.3 is 5.97 Å². The normalized spacial score (nSPS) is 18.5. The molecule has 20 heavy (non-hydrogen) atoms. The lowest BCUT2D eigenvalue weighted by Crippen LogP contribution is -2.26. The fourth-order valence-electron chi connectivity index (χ4n) is 2.51. The molecule has 0 aliphatic carbocycles. The molecular weight excluding hydrogens is 256 g/mol. The van der Waals surface area contributed by atoms with Crippen LogP contribution in [0.5, 0.6) is 0 Å². The number of rotatable bonds is 3. The number of carboxylic acid groups (broad SMARTS) is 1. The third kappa shape index (κ3) is 2.07. The van der Waals surface area contributed by atoms with E-state index in [4.69, 9.17) is 5.11 Å². The van der Waals surface area contributed by atoms with Gasteiger partial charge in [-0.25, -0.2) is 0 Å². The van der Waals surface area contributed by atoms with Crippen LogP contribution in [0, 0.1) is 5.92 Å². The van der Waals surface area contributed by atoms with E-state index in [-0.39, 0.29) is 18.9 Å². The highest BCUT2D eigenvalue weighted by molar-refractivity contribution is 6.00. The number of hydrogen-bond acceptors (Lipinski definition) is 2. The smallest absolute Gasteiger partial charge is 0.308 e. The molecule has 2 aromatic rings. The third-order valence-electron chi connectivity index (χ3n) is 3.53. The lowest BCUT2D eigenvalue weighted by Gasteiger charge is -2.20. The zero-order chi connectivity index (χ0) is 14.1. The Kier molecular flexibility index (Phi) is 3.02. The van der Waals surface area contributed by atoms with Gasteiger partial charge in [0.1, 0.15) is 0 Å². The first-order valence-corrected chi connectivity index (χ1v) is 6.42. The highest BCUT2D eigenvalue weighted by atomic mass is 16.4. The summed E-state index contributed by atoms with van der Waals surface area (Å²) in [4.78, 5) is 24.7. The number of benzene rings is 1. The minimum atomic E-state index is -0.917. The minimum absolute atomic E-state index is 0.0648. The Morgan fingerprint density at radius 2 is 1.75 bits per heavy atom. The molecule has 0 bridgehead atoms. The van der Waals surface area contributed by atoms with Crippen molar-refractivity contribution in [1.82, 2.24) is 4.57 Å². The molecule has 0 radical (unpaired) electrons. The van der Waals surface area contributed by atoms with Crippen molar-refractivity contribution in [1.29, 1.82) is 0 Å². The SMILES string of the molecule is O=C(O)C1CC(=O)N(c2ccccc2-n2cccc2)C1. The number of aromatic nitrogens is 1. The molecule has 1 fully saturated rings. The maximum atomic E-state index is 12.1. The lowest BCUT2D eigenvalue weighted by molar-refractivity contribution is -0.141. The van der Waals surface area contributed by atoms with Gasteiger partial charge in [-0.15, -0.1) is 0 Å². The summed E-state index contributed by atoms with van der Waals surface area (Å²) < 4.78 is 1.91. The quantitative estimate of drug-likeness (QED) is 0.926. The van der Waals surface area contributed by atoms with Crippen LogP contribution in [-0.2, 0) is 9.59 Å². The van der Waals surface area contributed by atoms with E-state index < -0.39 is 11.9 Å². The lowest BCUT2D eigenvalue weighted by atomic mass is 10.1. The number of carboxylic acids is 1. The molecule has 0 saturated carbocycles. The Labute approximate surface area is 116 Å². The number of carbonyl (C=O) groups is 2. The van der Waals surface area contributed by atoms with Crippen LogP contribution in [0.2, 0.25) is 0 Å². The average Bonchev–Trinajstić information content (AvgIpc) is 3.08. The van der Waals surface area contributed by atoms with Crippen LogP contribution in [0.25, 0.3) is 5.69 Å². The van der Waals surface area contributed by atoms with E-state index in [1.54, 1.807) is 4.90 Å². The van der Waals surface area contributed by atoms with Crippen molar-refractivity contribution in [2.75, 3.05) is 11.4 Å². The van der Waals surface area contributed by atoms with Crippen LogP contribution in [0.3, 0.4) is 0 Å². The summed E-state index contributed by atoms with van der Waals surface area (Å²) in [6.45, 7) is 0.229. The Morgan fingerprint density at radius 3 is 2.35 bits per heavy atom. The molecular formula is C15H14N2O3. The Balaban J connectivity index is 1.99. The first-order valence-electron chi connectivity index (χ1n) is 6.42. The van der Waals surface area contributed by atoms with Crippen molar-refractivity contribution in [3.05, 3.63) is 48.8 Å². The van der Waals surface area contributed by atoms with Gasteiger partial charge in [0.25, 0.3) is 0 Å². The van der Waals surface area contributed by atoms with Crippen molar-refractivity contribution >= 4 is 17.6 Å². The van der Waals surface area contributed by atoms with E-state index in [2.05, 4.69) is 0 Å². The Hall–Kier alpha value is -2.56. The molecule has 1 aliphatic rings. The van der Waals surface area contributed by atoms with Crippen molar-refractivity contribution in [3.63, 3.8) is 0 Å². The summed E-state index contributed by atoms with van der Waals surface area (Å²) in [5.74, 6) is -1.68. The Morgan fingerprint density at radius 1 is 1.10 bits per heavy atom. The maximum absolute atomic E-state index is 12.1. The summed E-state index contributed by atoms with van der Waals surface area (Å²) >= 11 is 0. The summed E-state index contributed by atoms with van der Waals surface area (Å²) in [6, 6.07) is 11.3. The minimum Gasteiger partial charge on any atom is -0.481 e. The van der Waals surface area contributed by atoms with E-state index in [1.165, 1.54) is 0 Å². The summed E-state index contributed by atoms with van der Waals surface area (Å²) in [6.07, 6.45) is 3.86. The van der Waals surface area contributed by atoms with Gasteiger partial charge in [-0.2, -0.15) is 0 Å². The van der Waals surface area contributed by atoms with Gasteiger partial charge < -0.3 is 14.6 Å². The third-order valence-corrected chi connectivity index (χ3v) is 3.53. The predicted octanol–water partition coefficient (Wildman–Crippen LogP) is 1.91. The number of hydrogen-bond donors (Lipinski definition) is 1. The van der Waals surface area contributed by atoms with E-state index >= 15 is 0 Å². The van der Waals surface area contributed by atoms with Crippen molar-refractivity contribution in [3.8, 4) is 5.69 Å². The van der Waals surface area contributed by atoms with Gasteiger partial charge in [0, 0.05) is 25.4 Å². The molecule has 0 spiro atoms. The molecule has 1 amide bonds. The standard InChI is InChI=1S/C15H14N2O3/c18-14-9-11(15(19)20)10-17(14)13-6-2-1-5-12(13)16-7-3-4-8-16/h1-8,11H,9-10H2,(H,19,20). The van der Waals surface area contributed by atoms with Gasteiger partial charge in [0.05, 0.1) is 17.3 Å². The molecule has 1 aromatic heterocycles. The Bertz CT molecular complexity index is 649. The summed E-state index contributed by atoms with van der Waals surface area (Å²) in [7, 11) is 0. The largest absolute Gasteiger partial charge is 0.481 e. The van der Waals surface area contributed by atoms with E-state index in [0.717, 1.165) is 11.4 Å². The molecule has 5 heteroatoms. The van der Waals surface area contributed by atoms with E-state index in [1.807, 2.05) is 53.4 Å². The second kappa shape index (κ2) is 4.85. The van der Waals surface area contributed by atoms with Crippen LogP contribution >= 0.6 is 0 Å². The molecule has 102 valence electrons. The van der Waals surface area contributed by atoms with Gasteiger partial charge in [0.2, 0.25) is 5.91 Å². The van der Waals surface area contributed by atoms with Crippen LogP contribution in [0.4, 0.5) is 5.69 Å². The van der Waals surface area contributed by atoms with Crippen LogP contribution in [-0.4, -0.2) is 28.1 Å². The van der Waals surface area contributed by atoms with Crippen molar-refractivity contribution in [2.24, 2.45) is 5.92 Å². The molecule has 3 rings (SSSR count). The first-order chi connectivity index (χ1) is 9.66. The fraction of sp³-hybridized carbons (Fsp3) is 0.200. The molecule has 1 saturated heterocycles. The second-order valence-electron chi connectivity index (χ2n) is 4.82. The number of amides is 1. The molecule has 1 atom stereocenters. The van der Waals surface area contributed by atoms with E-state index in [0.29, 0.717) is 0 Å². The average molecular weight is 270 g/mol. The maximum Gasteiger partial charge on any atom is 0.308 e. The monoisotopic (exact) mass is 270 g/mol.